The molecule has 0 aromatic carbocycles. The van der Waals surface area contributed by atoms with E-state index in [2.05, 4.69) is 20.8 Å². The Labute approximate surface area is 260 Å². The molecule has 0 unspecified atom stereocenters. The first-order chi connectivity index (χ1) is 20.8. The minimum atomic E-state index is -1.78. The molecule has 15 nitrogen and oxygen atoms in total. The Kier molecular flexibility index (Phi) is 9.88. The average molecular weight is 646 g/mol. The fourth-order valence-corrected chi connectivity index (χ4v) is 6.10. The van der Waals surface area contributed by atoms with Crippen molar-refractivity contribution in [1.29, 1.82) is 0 Å². The normalized spacial score (nSPS) is 18.3. The first kappa shape index (κ1) is 32.4. The maximum absolute atomic E-state index is 13.2. The number of nitrogens with one attached hydrogen (secondary N) is 2. The summed E-state index contributed by atoms with van der Waals surface area (Å²) in [6.45, 7) is 5.19. The molecule has 1 fully saturated rings. The number of nitrogens with zero attached hydrogens (tertiary/aromatic N) is 4. The molecule has 2 aliphatic rings. The van der Waals surface area contributed by atoms with Gasteiger partial charge in [0.2, 0.25) is 5.60 Å². The maximum Gasteiger partial charge on any atom is 0.350 e. The van der Waals surface area contributed by atoms with Crippen molar-refractivity contribution < 1.29 is 43.6 Å². The number of thioether (sulfide) groups is 1. The number of hydrogen-bond acceptors (Lipinski definition) is 12. The number of rotatable bonds is 13. The molecule has 2 aromatic heterocycles. The minimum Gasteiger partial charge on any atom is -0.543 e. The molecule has 44 heavy (non-hydrogen) atoms. The highest BCUT2D eigenvalue weighted by Gasteiger charge is 2.53. The Morgan fingerprint density at radius 1 is 1.30 bits per heavy atom. The van der Waals surface area contributed by atoms with Gasteiger partial charge in [0.15, 0.2) is 29.8 Å². The van der Waals surface area contributed by atoms with Gasteiger partial charge in [-0.1, -0.05) is 18.5 Å². The summed E-state index contributed by atoms with van der Waals surface area (Å²) in [5, 5.41) is 31.4. The van der Waals surface area contributed by atoms with E-state index in [1.165, 1.54) is 31.0 Å². The van der Waals surface area contributed by atoms with Gasteiger partial charge in [-0.05, 0) is 20.3 Å². The highest BCUT2D eigenvalue weighted by molar-refractivity contribution is 8.00. The largest absolute Gasteiger partial charge is 0.543 e. The fraction of sp³-hybridized carbons (Fsp3) is 0.407. The van der Waals surface area contributed by atoms with Crippen LogP contribution in [0.3, 0.4) is 0 Å². The molecule has 2 aliphatic heterocycles. The molecular weight excluding hydrogens is 614 g/mol. The summed E-state index contributed by atoms with van der Waals surface area (Å²) in [5.41, 5.74) is 4.09. The second-order valence-corrected chi connectivity index (χ2v) is 12.4. The van der Waals surface area contributed by atoms with Crippen LogP contribution < -0.4 is 26.0 Å². The summed E-state index contributed by atoms with van der Waals surface area (Å²) in [7, 11) is 0. The molecule has 2 atom stereocenters. The first-order valence-corrected chi connectivity index (χ1v) is 15.4. The van der Waals surface area contributed by atoms with Gasteiger partial charge in [0.05, 0.1) is 17.2 Å². The lowest BCUT2D eigenvalue weighted by molar-refractivity contribution is -0.689. The van der Waals surface area contributed by atoms with Crippen molar-refractivity contribution in [3.63, 3.8) is 0 Å². The third-order valence-electron chi connectivity index (χ3n) is 6.73. The van der Waals surface area contributed by atoms with E-state index in [-0.39, 0.29) is 34.7 Å². The van der Waals surface area contributed by atoms with E-state index in [0.717, 1.165) is 29.1 Å². The smallest absolute Gasteiger partial charge is 0.350 e. The predicted octanol–water partition coefficient (Wildman–Crippen LogP) is -0.769. The lowest BCUT2D eigenvalue weighted by Gasteiger charge is -2.50. The number of carbonyl (C=O) groups excluding carboxylic acids is 4. The molecule has 5 N–H and O–H groups in total. The van der Waals surface area contributed by atoms with E-state index in [4.69, 9.17) is 10.6 Å². The van der Waals surface area contributed by atoms with E-state index in [0.29, 0.717) is 17.7 Å². The lowest BCUT2D eigenvalue weighted by atomic mass is 10.0. The molecule has 0 radical (unpaired) electrons. The number of pyridine rings is 1. The Hall–Kier alpha value is -4.51. The second-order valence-electron chi connectivity index (χ2n) is 10.4. The Morgan fingerprint density at radius 3 is 2.59 bits per heavy atom. The zero-order valence-corrected chi connectivity index (χ0v) is 25.7. The summed E-state index contributed by atoms with van der Waals surface area (Å²) in [6, 6.07) is 2.13. The van der Waals surface area contributed by atoms with Gasteiger partial charge in [0.25, 0.3) is 17.7 Å². The van der Waals surface area contributed by atoms with Crippen LogP contribution in [0.5, 0.6) is 0 Å². The topological polar surface area (TPSA) is 220 Å². The number of aliphatic carboxylic acids is 2. The number of thiazole rings is 1. The van der Waals surface area contributed by atoms with E-state index in [1.807, 2.05) is 6.92 Å². The Morgan fingerprint density at radius 2 is 2.00 bits per heavy atom. The standard InChI is InChI=1S/C27H31N7O8S2/c1-4-5-8-29-20(35)14-6-9-33(10-7-14)11-15-12-43-23-18(22(37)34(23)19(15)24(38)39)31-21(36)17(16-13-44-26(28)30-16)32-42-27(2,3)25(40)41/h6-7,9-10,13,18,23H,4-5,8,11-12H2,1-3H3,(H5-,28,29,30,31,35,36,38,39,40,41)/b32-17-/t18-,23-/m1/s1. The van der Waals surface area contributed by atoms with E-state index in [9.17, 15) is 34.2 Å². The number of amides is 3. The number of nitrogen functional groups attached to an aromatic ring is 1. The monoisotopic (exact) mass is 645 g/mol. The van der Waals surface area contributed by atoms with E-state index >= 15 is 0 Å². The predicted molar refractivity (Wildman–Crippen MR) is 157 cm³/mol. The summed E-state index contributed by atoms with van der Waals surface area (Å²) in [6.07, 6.45) is 5.11. The molecule has 0 saturated carbocycles. The Bertz CT molecular complexity index is 1540. The van der Waals surface area contributed by atoms with Crippen molar-refractivity contribution >= 4 is 63.6 Å². The molecule has 4 heterocycles. The molecule has 0 bridgehead atoms. The van der Waals surface area contributed by atoms with Crippen LogP contribution in [0, 0.1) is 0 Å². The molecule has 0 aliphatic carbocycles. The van der Waals surface area contributed by atoms with Crippen molar-refractivity contribution in [3.05, 3.63) is 52.4 Å². The van der Waals surface area contributed by atoms with Gasteiger partial charge in [0.1, 0.15) is 17.1 Å². The first-order valence-electron chi connectivity index (χ1n) is 13.5. The fourth-order valence-electron chi connectivity index (χ4n) is 4.22. The van der Waals surface area contributed by atoms with Gasteiger partial charge >= 0.3 is 5.97 Å². The summed E-state index contributed by atoms with van der Waals surface area (Å²) < 4.78 is 1.69. The second kappa shape index (κ2) is 13.4. The third-order valence-corrected chi connectivity index (χ3v) is 8.74. The highest BCUT2D eigenvalue weighted by Crippen LogP contribution is 2.40. The quantitative estimate of drug-likeness (QED) is 0.0696. The number of β-lactam (4-membered cyclic amide) rings is 1. The van der Waals surface area contributed by atoms with Crippen LogP contribution in [0.4, 0.5) is 5.13 Å². The highest BCUT2D eigenvalue weighted by atomic mass is 32.2. The van der Waals surface area contributed by atoms with Crippen LogP contribution in [0.1, 0.15) is 49.7 Å². The van der Waals surface area contributed by atoms with Crippen molar-refractivity contribution in [3.8, 4) is 0 Å². The summed E-state index contributed by atoms with van der Waals surface area (Å²) in [5.74, 6) is -4.44. The average Bonchev–Trinajstić information content (AvgIpc) is 3.41. The molecule has 1 saturated heterocycles. The Balaban J connectivity index is 1.49. The number of fused-ring (bicyclic) bond motifs is 1. The van der Waals surface area contributed by atoms with Crippen molar-refractivity contribution in [2.45, 2.75) is 57.2 Å². The number of hydrogen-bond donors (Lipinski definition) is 4. The van der Waals surface area contributed by atoms with Crippen LogP contribution in [0.25, 0.3) is 0 Å². The number of unbranched alkanes of at least 4 members (excludes halogenated alkanes) is 1. The number of nitrogens with two attached hydrogens (primary N) is 1. The number of anilines is 1. The van der Waals surface area contributed by atoms with Crippen molar-refractivity contribution in [2.24, 2.45) is 5.16 Å². The molecule has 0 spiro atoms. The summed E-state index contributed by atoms with van der Waals surface area (Å²) in [4.78, 5) is 72.5. The SMILES string of the molecule is CCCCNC(=O)c1cc[n+](CC2=C(C(=O)[O-])N3C(=O)[C@@H](NC(=O)/C(=N\OC(C)(C)C(=O)O)c4csc(N)n4)[C@H]3SC2)cc1. The molecule has 2 aromatic rings. The lowest BCUT2D eigenvalue weighted by Crippen LogP contribution is -2.71. The molecule has 234 valence electrons. The van der Waals surface area contributed by atoms with E-state index in [1.54, 1.807) is 29.1 Å². The van der Waals surface area contributed by atoms with Gasteiger partial charge < -0.3 is 36.2 Å². The van der Waals surface area contributed by atoms with Gasteiger partial charge in [-0.3, -0.25) is 19.3 Å². The number of carboxylic acid groups (broad SMARTS) is 2. The number of carbonyl (C=O) groups is 5. The zero-order chi connectivity index (χ0) is 32.2. The van der Waals surface area contributed by atoms with Crippen LogP contribution in [-0.2, 0) is 30.6 Å². The van der Waals surface area contributed by atoms with Crippen LogP contribution in [0.2, 0.25) is 0 Å². The van der Waals surface area contributed by atoms with Crippen molar-refractivity contribution in [2.75, 3.05) is 18.0 Å². The maximum atomic E-state index is 13.2. The van der Waals surface area contributed by atoms with Gasteiger partial charge in [0, 0.05) is 35.4 Å². The van der Waals surface area contributed by atoms with Gasteiger partial charge in [-0.2, -0.15) is 0 Å². The van der Waals surface area contributed by atoms with Crippen LogP contribution in [-0.4, -0.2) is 79.7 Å². The minimum absolute atomic E-state index is 0.00482. The number of oxime groups is 1. The van der Waals surface area contributed by atoms with Crippen LogP contribution in [0.15, 0.2) is 46.3 Å². The van der Waals surface area contributed by atoms with E-state index < -0.39 is 46.5 Å². The van der Waals surface area contributed by atoms with Gasteiger partial charge in [-0.25, -0.2) is 14.3 Å². The molecule has 4 rings (SSSR count). The summed E-state index contributed by atoms with van der Waals surface area (Å²) >= 11 is 2.26. The van der Waals surface area contributed by atoms with Crippen molar-refractivity contribution in [1.82, 2.24) is 20.5 Å². The third kappa shape index (κ3) is 6.99. The molecular formula is C27H31N7O8S2. The van der Waals surface area contributed by atoms with Gasteiger partial charge in [-0.15, -0.1) is 23.1 Å². The van der Waals surface area contributed by atoms with Crippen LogP contribution >= 0.6 is 23.1 Å². The number of aromatic nitrogens is 2. The molecule has 17 heteroatoms. The zero-order valence-electron chi connectivity index (χ0n) is 24.1. The number of carboxylic acids is 2. The molecule has 3 amide bonds.